The Labute approximate surface area is 109 Å². The van der Waals surface area contributed by atoms with E-state index in [4.69, 9.17) is 11.1 Å². The Bertz CT molecular complexity index is 450. The molecule has 0 bridgehead atoms. The highest BCUT2D eigenvalue weighted by atomic mass is 79.9. The molecule has 0 aliphatic heterocycles. The smallest absolute Gasteiger partial charge is 0.328 e. The Morgan fingerprint density at radius 1 is 1.41 bits per heavy atom. The van der Waals surface area contributed by atoms with Crippen LogP contribution in [-0.2, 0) is 0 Å². The Morgan fingerprint density at radius 3 is 2.29 bits per heavy atom. The van der Waals surface area contributed by atoms with Crippen molar-refractivity contribution < 1.29 is 4.79 Å². The van der Waals surface area contributed by atoms with Crippen LogP contribution in [-0.4, -0.2) is 19.0 Å². The van der Waals surface area contributed by atoms with E-state index < -0.39 is 6.03 Å². The monoisotopic (exact) mass is 298 g/mol. The average molecular weight is 299 g/mol. The molecule has 92 valence electrons. The van der Waals surface area contributed by atoms with Gasteiger partial charge in [-0.25, -0.2) is 4.79 Å². The number of nitrogens with one attached hydrogen (secondary N) is 2. The minimum absolute atomic E-state index is 0.366. The van der Waals surface area contributed by atoms with Crippen LogP contribution >= 0.6 is 15.9 Å². The molecule has 0 aliphatic carbocycles. The highest BCUT2D eigenvalue weighted by molar-refractivity contribution is 9.10. The fourth-order valence-electron chi connectivity index (χ4n) is 1.73. The largest absolute Gasteiger partial charge is 0.370 e. The van der Waals surface area contributed by atoms with Crippen molar-refractivity contribution in [2.75, 3.05) is 11.9 Å². The molecule has 0 unspecified atom stereocenters. The van der Waals surface area contributed by atoms with E-state index in [1.807, 2.05) is 26.0 Å². The van der Waals surface area contributed by atoms with Gasteiger partial charge in [0.05, 0.1) is 5.69 Å². The molecule has 0 saturated heterocycles. The van der Waals surface area contributed by atoms with Crippen molar-refractivity contribution in [3.05, 3.63) is 27.7 Å². The molecule has 0 saturated carbocycles. The third-order valence-electron chi connectivity index (χ3n) is 2.34. The van der Waals surface area contributed by atoms with Gasteiger partial charge < -0.3 is 5.73 Å². The highest BCUT2D eigenvalue weighted by Crippen LogP contribution is 2.27. The van der Waals surface area contributed by atoms with Gasteiger partial charge in [-0.3, -0.25) is 15.6 Å². The van der Waals surface area contributed by atoms with Crippen LogP contribution in [0.5, 0.6) is 0 Å². The topological polar surface area (TPSA) is 82.2 Å². The van der Waals surface area contributed by atoms with Gasteiger partial charge in [0.25, 0.3) is 0 Å². The van der Waals surface area contributed by atoms with Crippen molar-refractivity contribution in [2.24, 2.45) is 5.73 Å². The molecule has 0 heterocycles. The molecule has 0 atom stereocenters. The summed E-state index contributed by atoms with van der Waals surface area (Å²) in [4.78, 5) is 13.2. The fourth-order valence-corrected chi connectivity index (χ4v) is 2.42. The van der Waals surface area contributed by atoms with E-state index in [-0.39, 0.29) is 5.96 Å². The third kappa shape index (κ3) is 3.20. The van der Waals surface area contributed by atoms with Crippen molar-refractivity contribution in [3.63, 3.8) is 0 Å². The minimum atomic E-state index is -0.425. The SMILES string of the molecule is Cc1cc(Br)cc(C)c1N(C)C(=O)NC(=N)N. The lowest BCUT2D eigenvalue weighted by Gasteiger charge is -2.22. The third-order valence-corrected chi connectivity index (χ3v) is 2.80. The summed E-state index contributed by atoms with van der Waals surface area (Å²) in [5.74, 6) is -0.366. The van der Waals surface area contributed by atoms with Gasteiger partial charge in [0.1, 0.15) is 0 Å². The van der Waals surface area contributed by atoms with E-state index in [9.17, 15) is 4.79 Å². The van der Waals surface area contributed by atoms with Gasteiger partial charge in [-0.2, -0.15) is 0 Å². The molecule has 0 aliphatic rings. The number of amides is 2. The Hall–Kier alpha value is -1.56. The van der Waals surface area contributed by atoms with E-state index in [1.54, 1.807) is 7.05 Å². The van der Waals surface area contributed by atoms with Crippen molar-refractivity contribution >= 4 is 33.6 Å². The van der Waals surface area contributed by atoms with Gasteiger partial charge in [0, 0.05) is 11.5 Å². The number of rotatable bonds is 1. The van der Waals surface area contributed by atoms with Gasteiger partial charge in [0.15, 0.2) is 5.96 Å². The summed E-state index contributed by atoms with van der Waals surface area (Å²) in [5, 5.41) is 9.28. The zero-order chi connectivity index (χ0) is 13.2. The summed E-state index contributed by atoms with van der Waals surface area (Å²) in [6.45, 7) is 3.84. The number of nitrogens with zero attached hydrogens (tertiary/aromatic N) is 1. The molecule has 1 aromatic rings. The maximum Gasteiger partial charge on any atom is 0.328 e. The standard InChI is InChI=1S/C11H15BrN4O/c1-6-4-8(12)5-7(2)9(6)16(3)11(17)15-10(13)14/h4-5H,1-3H3,(H4,13,14,15,17). The van der Waals surface area contributed by atoms with Crippen LogP contribution in [0.3, 0.4) is 0 Å². The summed E-state index contributed by atoms with van der Waals surface area (Å²) in [6.07, 6.45) is 0. The molecule has 0 spiro atoms. The Kier molecular flexibility index (Phi) is 4.11. The number of carbonyl (C=O) groups is 1. The lowest BCUT2D eigenvalue weighted by Crippen LogP contribution is -2.44. The Balaban J connectivity index is 3.08. The molecular formula is C11H15BrN4O. The number of urea groups is 1. The molecule has 1 rings (SSSR count). The summed E-state index contributed by atoms with van der Waals surface area (Å²) >= 11 is 3.40. The molecule has 0 fully saturated rings. The van der Waals surface area contributed by atoms with Gasteiger partial charge >= 0.3 is 6.03 Å². The number of hydrogen-bond donors (Lipinski definition) is 3. The normalized spacial score (nSPS) is 9.88. The van der Waals surface area contributed by atoms with E-state index in [1.165, 1.54) is 4.90 Å². The molecule has 1 aromatic carbocycles. The number of aryl methyl sites for hydroxylation is 2. The summed E-state index contributed by atoms with van der Waals surface area (Å²) in [6, 6.07) is 3.44. The first-order chi connectivity index (χ1) is 7.82. The highest BCUT2D eigenvalue weighted by Gasteiger charge is 2.16. The number of guanidine groups is 1. The van der Waals surface area contributed by atoms with E-state index in [0.717, 1.165) is 21.3 Å². The Morgan fingerprint density at radius 2 is 1.88 bits per heavy atom. The molecule has 17 heavy (non-hydrogen) atoms. The van der Waals surface area contributed by atoms with Crippen LogP contribution in [0.25, 0.3) is 0 Å². The predicted molar refractivity (Wildman–Crippen MR) is 72.5 cm³/mol. The maximum atomic E-state index is 11.7. The fraction of sp³-hybridized carbons (Fsp3) is 0.273. The number of halogens is 1. The lowest BCUT2D eigenvalue weighted by atomic mass is 10.1. The number of carbonyl (C=O) groups excluding carboxylic acids is 1. The van der Waals surface area contributed by atoms with Gasteiger partial charge in [-0.15, -0.1) is 0 Å². The molecule has 0 aromatic heterocycles. The first-order valence-corrected chi connectivity index (χ1v) is 5.77. The molecule has 6 heteroatoms. The lowest BCUT2D eigenvalue weighted by molar-refractivity contribution is 0.251. The van der Waals surface area contributed by atoms with E-state index >= 15 is 0 Å². The van der Waals surface area contributed by atoms with Crippen LogP contribution in [0.1, 0.15) is 11.1 Å². The van der Waals surface area contributed by atoms with Crippen LogP contribution in [0.2, 0.25) is 0 Å². The predicted octanol–water partition coefficient (Wildman–Crippen LogP) is 2.11. The summed E-state index contributed by atoms with van der Waals surface area (Å²) < 4.78 is 0.969. The van der Waals surface area contributed by atoms with Crippen LogP contribution in [0.15, 0.2) is 16.6 Å². The molecular weight excluding hydrogens is 284 g/mol. The van der Waals surface area contributed by atoms with Crippen molar-refractivity contribution in [2.45, 2.75) is 13.8 Å². The van der Waals surface area contributed by atoms with Crippen LogP contribution in [0, 0.1) is 19.3 Å². The van der Waals surface area contributed by atoms with Gasteiger partial charge in [0.2, 0.25) is 0 Å². The summed E-state index contributed by atoms with van der Waals surface area (Å²) in [7, 11) is 1.64. The average Bonchev–Trinajstić information content (AvgIpc) is 2.14. The molecule has 4 N–H and O–H groups in total. The van der Waals surface area contributed by atoms with Crippen molar-refractivity contribution in [1.82, 2.24) is 5.32 Å². The van der Waals surface area contributed by atoms with E-state index in [0.29, 0.717) is 0 Å². The molecule has 5 nitrogen and oxygen atoms in total. The molecule has 2 amide bonds. The maximum absolute atomic E-state index is 11.7. The van der Waals surface area contributed by atoms with Crippen LogP contribution < -0.4 is 16.0 Å². The number of anilines is 1. The second-order valence-corrected chi connectivity index (χ2v) is 4.71. The number of hydrogen-bond acceptors (Lipinski definition) is 2. The first-order valence-electron chi connectivity index (χ1n) is 4.98. The minimum Gasteiger partial charge on any atom is -0.370 e. The van der Waals surface area contributed by atoms with Crippen LogP contribution in [0.4, 0.5) is 10.5 Å². The second kappa shape index (κ2) is 5.18. The van der Waals surface area contributed by atoms with Gasteiger partial charge in [-0.05, 0) is 37.1 Å². The zero-order valence-electron chi connectivity index (χ0n) is 9.97. The number of benzene rings is 1. The second-order valence-electron chi connectivity index (χ2n) is 3.79. The van der Waals surface area contributed by atoms with Crippen molar-refractivity contribution in [1.29, 1.82) is 5.41 Å². The van der Waals surface area contributed by atoms with Crippen molar-refractivity contribution in [3.8, 4) is 0 Å². The zero-order valence-corrected chi connectivity index (χ0v) is 11.6. The first kappa shape index (κ1) is 13.5. The quantitative estimate of drug-likeness (QED) is 0.548. The number of nitrogens with two attached hydrogens (primary N) is 1. The van der Waals surface area contributed by atoms with Gasteiger partial charge in [-0.1, -0.05) is 15.9 Å². The summed E-state index contributed by atoms with van der Waals surface area (Å²) in [5.41, 5.74) is 7.88. The van der Waals surface area contributed by atoms with E-state index in [2.05, 4.69) is 21.2 Å². The molecule has 0 radical (unpaired) electrons.